The number of rotatable bonds is 6. The quantitative estimate of drug-likeness (QED) is 0.880. The summed E-state index contributed by atoms with van der Waals surface area (Å²) < 4.78 is 7.38. The van der Waals surface area contributed by atoms with Gasteiger partial charge in [0.15, 0.2) is 5.75 Å². The Hall–Kier alpha value is -1.81. The molecule has 0 amide bonds. The lowest BCUT2D eigenvalue weighted by molar-refractivity contribution is 0.395. The zero-order chi connectivity index (χ0) is 14.5. The maximum absolute atomic E-state index is 6.48. The van der Waals surface area contributed by atoms with Gasteiger partial charge in [-0.05, 0) is 12.0 Å². The molecule has 0 aliphatic carbocycles. The second-order valence-electron chi connectivity index (χ2n) is 5.05. The van der Waals surface area contributed by atoms with Crippen LogP contribution in [0.5, 0.6) is 5.75 Å². The number of methoxy groups -OCH3 is 1. The minimum Gasteiger partial charge on any atom is -0.493 e. The molecule has 1 aromatic heterocycles. The standard InChI is InChI=1S/C16H23N3O/c1-4-10-19-16(14(20-3)11-18-19)15(17)12(2)13-8-6-5-7-9-13/h5-9,11-12,15H,4,10,17H2,1-3H3. The van der Waals surface area contributed by atoms with Crippen molar-refractivity contribution >= 4 is 0 Å². The zero-order valence-electron chi connectivity index (χ0n) is 12.4. The van der Waals surface area contributed by atoms with E-state index >= 15 is 0 Å². The van der Waals surface area contributed by atoms with Crippen LogP contribution in [-0.4, -0.2) is 16.9 Å². The largest absolute Gasteiger partial charge is 0.493 e. The van der Waals surface area contributed by atoms with Crippen molar-refractivity contribution in [3.8, 4) is 5.75 Å². The molecule has 108 valence electrons. The molecule has 0 saturated carbocycles. The van der Waals surface area contributed by atoms with Crippen LogP contribution >= 0.6 is 0 Å². The average molecular weight is 273 g/mol. The number of benzene rings is 1. The Morgan fingerprint density at radius 1 is 1.30 bits per heavy atom. The molecule has 0 saturated heterocycles. The lowest BCUT2D eigenvalue weighted by Gasteiger charge is -2.22. The monoisotopic (exact) mass is 273 g/mol. The summed E-state index contributed by atoms with van der Waals surface area (Å²) >= 11 is 0. The molecule has 0 bridgehead atoms. The Kier molecular flexibility index (Phi) is 4.79. The second-order valence-corrected chi connectivity index (χ2v) is 5.05. The predicted molar refractivity (Wildman–Crippen MR) is 80.9 cm³/mol. The Balaban J connectivity index is 2.32. The van der Waals surface area contributed by atoms with Crippen LogP contribution in [-0.2, 0) is 6.54 Å². The summed E-state index contributed by atoms with van der Waals surface area (Å²) in [6, 6.07) is 10.2. The average Bonchev–Trinajstić information content (AvgIpc) is 2.90. The molecule has 0 radical (unpaired) electrons. The molecule has 4 heteroatoms. The van der Waals surface area contributed by atoms with Crippen molar-refractivity contribution in [3.63, 3.8) is 0 Å². The SMILES string of the molecule is CCCn1ncc(OC)c1C(N)C(C)c1ccccc1. The highest BCUT2D eigenvalue weighted by Gasteiger charge is 2.24. The minimum atomic E-state index is -0.138. The van der Waals surface area contributed by atoms with E-state index in [1.54, 1.807) is 13.3 Å². The summed E-state index contributed by atoms with van der Waals surface area (Å²) in [5.41, 5.74) is 8.69. The molecule has 4 nitrogen and oxygen atoms in total. The van der Waals surface area contributed by atoms with Crippen LogP contribution in [0, 0.1) is 0 Å². The van der Waals surface area contributed by atoms with Crippen LogP contribution < -0.4 is 10.5 Å². The van der Waals surface area contributed by atoms with E-state index in [1.165, 1.54) is 5.56 Å². The Morgan fingerprint density at radius 2 is 2.00 bits per heavy atom. The molecular weight excluding hydrogens is 250 g/mol. The van der Waals surface area contributed by atoms with Gasteiger partial charge < -0.3 is 10.5 Å². The highest BCUT2D eigenvalue weighted by atomic mass is 16.5. The maximum Gasteiger partial charge on any atom is 0.161 e. The molecule has 20 heavy (non-hydrogen) atoms. The molecule has 1 heterocycles. The summed E-state index contributed by atoms with van der Waals surface area (Å²) in [5.74, 6) is 0.978. The normalized spacial score (nSPS) is 14.0. The Bertz CT molecular complexity index is 536. The van der Waals surface area contributed by atoms with Crippen molar-refractivity contribution in [2.75, 3.05) is 7.11 Å². The number of nitrogens with two attached hydrogens (primary N) is 1. The van der Waals surface area contributed by atoms with E-state index in [1.807, 2.05) is 22.9 Å². The molecule has 0 aliphatic rings. The van der Waals surface area contributed by atoms with E-state index in [9.17, 15) is 0 Å². The molecule has 2 rings (SSSR count). The summed E-state index contributed by atoms with van der Waals surface area (Å²) in [6.45, 7) is 5.13. The first-order valence-corrected chi connectivity index (χ1v) is 7.09. The summed E-state index contributed by atoms with van der Waals surface area (Å²) in [7, 11) is 1.66. The van der Waals surface area contributed by atoms with Gasteiger partial charge in [-0.2, -0.15) is 5.10 Å². The van der Waals surface area contributed by atoms with Crippen LogP contribution in [0.1, 0.15) is 43.5 Å². The van der Waals surface area contributed by atoms with Crippen molar-refractivity contribution in [1.82, 2.24) is 9.78 Å². The molecule has 0 aliphatic heterocycles. The van der Waals surface area contributed by atoms with Gasteiger partial charge in [0.2, 0.25) is 0 Å². The molecule has 1 aromatic carbocycles. The topological polar surface area (TPSA) is 53.1 Å². The number of aromatic nitrogens is 2. The summed E-state index contributed by atoms with van der Waals surface area (Å²) in [4.78, 5) is 0. The van der Waals surface area contributed by atoms with Crippen LogP contribution in [0.25, 0.3) is 0 Å². The molecule has 2 N–H and O–H groups in total. The first-order valence-electron chi connectivity index (χ1n) is 7.09. The van der Waals surface area contributed by atoms with Crippen LogP contribution in [0.4, 0.5) is 0 Å². The maximum atomic E-state index is 6.48. The third-order valence-corrected chi connectivity index (χ3v) is 3.68. The van der Waals surface area contributed by atoms with Crippen LogP contribution in [0.15, 0.2) is 36.5 Å². The molecule has 2 unspecified atom stereocenters. The summed E-state index contributed by atoms with van der Waals surface area (Å²) in [5, 5.41) is 4.39. The second kappa shape index (κ2) is 6.57. The molecule has 2 aromatic rings. The van der Waals surface area contributed by atoms with Crippen molar-refractivity contribution in [3.05, 3.63) is 47.8 Å². The van der Waals surface area contributed by atoms with Gasteiger partial charge in [-0.25, -0.2) is 0 Å². The molecule has 2 atom stereocenters. The van der Waals surface area contributed by atoms with Gasteiger partial charge in [-0.15, -0.1) is 0 Å². The number of hydrogen-bond acceptors (Lipinski definition) is 3. The van der Waals surface area contributed by atoms with Crippen molar-refractivity contribution in [2.24, 2.45) is 5.73 Å². The van der Waals surface area contributed by atoms with E-state index in [0.717, 1.165) is 24.4 Å². The predicted octanol–water partition coefficient (Wildman–Crippen LogP) is 3.11. The third kappa shape index (κ3) is 2.85. The number of nitrogens with zero attached hydrogens (tertiary/aromatic N) is 2. The van der Waals surface area contributed by atoms with E-state index in [4.69, 9.17) is 10.5 Å². The van der Waals surface area contributed by atoms with Crippen molar-refractivity contribution in [2.45, 2.75) is 38.8 Å². The highest BCUT2D eigenvalue weighted by Crippen LogP contribution is 2.33. The van der Waals surface area contributed by atoms with Gasteiger partial charge in [-0.1, -0.05) is 44.2 Å². The third-order valence-electron chi connectivity index (χ3n) is 3.68. The lowest BCUT2D eigenvalue weighted by Crippen LogP contribution is -2.22. The van der Waals surface area contributed by atoms with Gasteiger partial charge in [0.1, 0.15) is 0 Å². The Morgan fingerprint density at radius 3 is 2.60 bits per heavy atom. The van der Waals surface area contributed by atoms with Gasteiger partial charge in [-0.3, -0.25) is 4.68 Å². The number of hydrogen-bond donors (Lipinski definition) is 1. The smallest absolute Gasteiger partial charge is 0.161 e. The van der Waals surface area contributed by atoms with E-state index in [-0.39, 0.29) is 12.0 Å². The Labute approximate surface area is 120 Å². The molecular formula is C16H23N3O. The fraction of sp³-hybridized carbons (Fsp3) is 0.438. The first-order chi connectivity index (χ1) is 9.69. The molecule has 0 fully saturated rings. The van der Waals surface area contributed by atoms with Crippen LogP contribution in [0.3, 0.4) is 0 Å². The fourth-order valence-corrected chi connectivity index (χ4v) is 2.46. The van der Waals surface area contributed by atoms with Crippen LogP contribution in [0.2, 0.25) is 0 Å². The first kappa shape index (κ1) is 14.6. The summed E-state index contributed by atoms with van der Waals surface area (Å²) in [6.07, 6.45) is 2.77. The van der Waals surface area contributed by atoms with Gasteiger partial charge in [0.25, 0.3) is 0 Å². The molecule has 0 spiro atoms. The van der Waals surface area contributed by atoms with E-state index < -0.39 is 0 Å². The fourth-order valence-electron chi connectivity index (χ4n) is 2.46. The number of aryl methyl sites for hydroxylation is 1. The van der Waals surface area contributed by atoms with Gasteiger partial charge in [0.05, 0.1) is 25.0 Å². The van der Waals surface area contributed by atoms with Gasteiger partial charge in [0, 0.05) is 12.5 Å². The lowest BCUT2D eigenvalue weighted by atomic mass is 9.91. The van der Waals surface area contributed by atoms with E-state index in [0.29, 0.717) is 0 Å². The minimum absolute atomic E-state index is 0.138. The van der Waals surface area contributed by atoms with Crippen molar-refractivity contribution in [1.29, 1.82) is 0 Å². The van der Waals surface area contributed by atoms with Gasteiger partial charge >= 0.3 is 0 Å². The van der Waals surface area contributed by atoms with E-state index in [2.05, 4.69) is 31.1 Å². The highest BCUT2D eigenvalue weighted by molar-refractivity contribution is 5.32. The zero-order valence-corrected chi connectivity index (χ0v) is 12.4. The van der Waals surface area contributed by atoms with Crippen molar-refractivity contribution < 1.29 is 4.74 Å². The number of ether oxygens (including phenoxy) is 1.